The van der Waals surface area contributed by atoms with Gasteiger partial charge in [-0.15, -0.1) is 0 Å². The number of hydrogen-bond acceptors (Lipinski definition) is 4. The number of hydrogen-bond donors (Lipinski definition) is 0. The van der Waals surface area contributed by atoms with Crippen molar-refractivity contribution in [3.63, 3.8) is 0 Å². The fraction of sp³-hybridized carbons (Fsp3) is 0.526. The Morgan fingerprint density at radius 3 is 2.78 bits per heavy atom. The van der Waals surface area contributed by atoms with Gasteiger partial charge in [-0.1, -0.05) is 32.0 Å². The first-order chi connectivity index (χ1) is 11.1. The smallest absolute Gasteiger partial charge is 0.218 e. The molecule has 1 atom stereocenters. The summed E-state index contributed by atoms with van der Waals surface area (Å²) in [6.07, 6.45) is 0. The standard InChI is InChI=1S/C19H27N3O/c1-14(2)18-13-21(3)9-10-22(18)12-16-11-15-7-5-6-8-17(15)20-19(16)23-4/h5-8,11,14,18H,9-10,12-13H2,1-4H3/t18-/m1/s1. The van der Waals surface area contributed by atoms with Crippen molar-refractivity contribution >= 4 is 10.9 Å². The average Bonchev–Trinajstić information content (AvgIpc) is 2.55. The molecular weight excluding hydrogens is 286 g/mol. The molecule has 2 heterocycles. The first-order valence-electron chi connectivity index (χ1n) is 8.43. The van der Waals surface area contributed by atoms with Crippen LogP contribution < -0.4 is 4.74 Å². The van der Waals surface area contributed by atoms with E-state index in [4.69, 9.17) is 4.74 Å². The topological polar surface area (TPSA) is 28.6 Å². The lowest BCUT2D eigenvalue weighted by Gasteiger charge is -2.42. The number of benzene rings is 1. The molecule has 23 heavy (non-hydrogen) atoms. The van der Waals surface area contributed by atoms with E-state index in [0.29, 0.717) is 12.0 Å². The van der Waals surface area contributed by atoms with Crippen LogP contribution in [-0.2, 0) is 6.54 Å². The molecule has 0 unspecified atom stereocenters. The van der Waals surface area contributed by atoms with Gasteiger partial charge in [-0.3, -0.25) is 4.90 Å². The van der Waals surface area contributed by atoms with Crippen molar-refractivity contribution in [2.45, 2.75) is 26.4 Å². The highest BCUT2D eigenvalue weighted by molar-refractivity contribution is 5.80. The second kappa shape index (κ2) is 6.85. The third kappa shape index (κ3) is 3.48. The second-order valence-electron chi connectivity index (χ2n) is 6.89. The van der Waals surface area contributed by atoms with Gasteiger partial charge < -0.3 is 9.64 Å². The number of para-hydroxylation sites is 1. The predicted molar refractivity (Wildman–Crippen MR) is 94.8 cm³/mol. The highest BCUT2D eigenvalue weighted by atomic mass is 16.5. The van der Waals surface area contributed by atoms with E-state index in [1.165, 1.54) is 10.9 Å². The number of pyridine rings is 1. The van der Waals surface area contributed by atoms with E-state index in [0.717, 1.165) is 37.6 Å². The molecule has 4 heteroatoms. The molecule has 0 spiro atoms. The molecule has 0 bridgehead atoms. The van der Waals surface area contributed by atoms with Crippen LogP contribution in [0.4, 0.5) is 0 Å². The SMILES string of the molecule is COc1nc2ccccc2cc1CN1CCN(C)C[C@@H]1C(C)C. The number of methoxy groups -OCH3 is 1. The zero-order valence-electron chi connectivity index (χ0n) is 14.6. The summed E-state index contributed by atoms with van der Waals surface area (Å²) >= 11 is 0. The summed E-state index contributed by atoms with van der Waals surface area (Å²) in [4.78, 5) is 9.69. The highest BCUT2D eigenvalue weighted by Gasteiger charge is 2.28. The van der Waals surface area contributed by atoms with Gasteiger partial charge >= 0.3 is 0 Å². The molecule has 1 aliphatic rings. The average molecular weight is 313 g/mol. The molecule has 1 aliphatic heterocycles. The molecule has 3 rings (SSSR count). The second-order valence-corrected chi connectivity index (χ2v) is 6.89. The number of likely N-dealkylation sites (N-methyl/N-ethyl adjacent to an activating group) is 1. The lowest BCUT2D eigenvalue weighted by atomic mass is 9.99. The first-order valence-corrected chi connectivity index (χ1v) is 8.43. The molecule has 0 N–H and O–H groups in total. The Hall–Kier alpha value is -1.65. The third-order valence-corrected chi connectivity index (χ3v) is 4.84. The maximum Gasteiger partial charge on any atom is 0.218 e. The van der Waals surface area contributed by atoms with E-state index in [1.807, 2.05) is 12.1 Å². The quantitative estimate of drug-likeness (QED) is 0.867. The van der Waals surface area contributed by atoms with Crippen molar-refractivity contribution in [1.29, 1.82) is 0 Å². The lowest BCUT2D eigenvalue weighted by molar-refractivity contribution is 0.0564. The van der Waals surface area contributed by atoms with E-state index in [-0.39, 0.29) is 0 Å². The van der Waals surface area contributed by atoms with Crippen LogP contribution in [0.25, 0.3) is 10.9 Å². The van der Waals surface area contributed by atoms with Gasteiger partial charge in [0.05, 0.1) is 12.6 Å². The number of fused-ring (bicyclic) bond motifs is 1. The summed E-state index contributed by atoms with van der Waals surface area (Å²) < 4.78 is 5.56. The maximum absolute atomic E-state index is 5.56. The summed E-state index contributed by atoms with van der Waals surface area (Å²) in [7, 11) is 3.93. The van der Waals surface area contributed by atoms with Gasteiger partial charge in [0.25, 0.3) is 0 Å². The Kier molecular flexibility index (Phi) is 4.83. The van der Waals surface area contributed by atoms with Crippen molar-refractivity contribution in [2.24, 2.45) is 5.92 Å². The molecule has 0 radical (unpaired) electrons. The largest absolute Gasteiger partial charge is 0.481 e. The minimum absolute atomic E-state index is 0.574. The Morgan fingerprint density at radius 1 is 1.26 bits per heavy atom. The number of ether oxygens (including phenoxy) is 1. The summed E-state index contributed by atoms with van der Waals surface area (Å²) in [5.41, 5.74) is 2.17. The van der Waals surface area contributed by atoms with Crippen LogP contribution in [0.2, 0.25) is 0 Å². The molecule has 124 valence electrons. The van der Waals surface area contributed by atoms with Crippen molar-refractivity contribution < 1.29 is 4.74 Å². The molecule has 0 aliphatic carbocycles. The first kappa shape index (κ1) is 16.2. The van der Waals surface area contributed by atoms with Crippen LogP contribution in [0.15, 0.2) is 30.3 Å². The van der Waals surface area contributed by atoms with Crippen LogP contribution >= 0.6 is 0 Å². The van der Waals surface area contributed by atoms with Gasteiger partial charge in [0.1, 0.15) is 0 Å². The van der Waals surface area contributed by atoms with Crippen LogP contribution in [0, 0.1) is 5.92 Å². The highest BCUT2D eigenvalue weighted by Crippen LogP contribution is 2.26. The number of nitrogens with zero attached hydrogens (tertiary/aromatic N) is 3. The molecule has 0 amide bonds. The molecule has 1 saturated heterocycles. The van der Waals surface area contributed by atoms with E-state index >= 15 is 0 Å². The van der Waals surface area contributed by atoms with Crippen LogP contribution in [-0.4, -0.2) is 54.6 Å². The third-order valence-electron chi connectivity index (χ3n) is 4.84. The van der Waals surface area contributed by atoms with Crippen molar-refractivity contribution in [3.8, 4) is 5.88 Å². The van der Waals surface area contributed by atoms with E-state index in [2.05, 4.69) is 53.9 Å². The van der Waals surface area contributed by atoms with Crippen LogP contribution in [0.3, 0.4) is 0 Å². The molecule has 1 aromatic carbocycles. The van der Waals surface area contributed by atoms with Crippen LogP contribution in [0.5, 0.6) is 5.88 Å². The zero-order chi connectivity index (χ0) is 16.4. The Bertz CT molecular complexity index is 671. The van der Waals surface area contributed by atoms with E-state index in [1.54, 1.807) is 7.11 Å². The number of rotatable bonds is 4. The molecule has 2 aromatic rings. The molecular formula is C19H27N3O. The fourth-order valence-electron chi connectivity index (χ4n) is 3.47. The minimum Gasteiger partial charge on any atom is -0.481 e. The Labute approximate surface area is 139 Å². The van der Waals surface area contributed by atoms with Crippen LogP contribution in [0.1, 0.15) is 19.4 Å². The number of piperazine rings is 1. The normalized spacial score (nSPS) is 20.3. The molecule has 1 fully saturated rings. The van der Waals surface area contributed by atoms with Gasteiger partial charge in [-0.2, -0.15) is 0 Å². The van der Waals surface area contributed by atoms with Crippen molar-refractivity contribution in [3.05, 3.63) is 35.9 Å². The van der Waals surface area contributed by atoms with Gasteiger partial charge in [0, 0.05) is 43.2 Å². The minimum atomic E-state index is 0.574. The van der Waals surface area contributed by atoms with Gasteiger partial charge in [0.15, 0.2) is 0 Å². The summed E-state index contributed by atoms with van der Waals surface area (Å²) in [5, 5.41) is 1.18. The Morgan fingerprint density at radius 2 is 2.04 bits per heavy atom. The van der Waals surface area contributed by atoms with Gasteiger partial charge in [0.2, 0.25) is 5.88 Å². The van der Waals surface area contributed by atoms with E-state index in [9.17, 15) is 0 Å². The summed E-state index contributed by atoms with van der Waals surface area (Å²) in [5.74, 6) is 1.39. The van der Waals surface area contributed by atoms with Gasteiger partial charge in [-0.05, 0) is 25.1 Å². The molecule has 4 nitrogen and oxygen atoms in total. The van der Waals surface area contributed by atoms with Gasteiger partial charge in [-0.25, -0.2) is 4.98 Å². The maximum atomic E-state index is 5.56. The fourth-order valence-corrected chi connectivity index (χ4v) is 3.47. The summed E-state index contributed by atoms with van der Waals surface area (Å²) in [6, 6.07) is 11.0. The van der Waals surface area contributed by atoms with Crippen molar-refractivity contribution in [1.82, 2.24) is 14.8 Å². The summed E-state index contributed by atoms with van der Waals surface area (Å²) in [6.45, 7) is 8.86. The molecule has 0 saturated carbocycles. The lowest BCUT2D eigenvalue weighted by Crippen LogP contribution is -2.53. The predicted octanol–water partition coefficient (Wildman–Crippen LogP) is 3.02. The van der Waals surface area contributed by atoms with E-state index < -0.39 is 0 Å². The van der Waals surface area contributed by atoms with Crippen molar-refractivity contribution in [2.75, 3.05) is 33.8 Å². The number of aromatic nitrogens is 1. The monoisotopic (exact) mass is 313 g/mol. The zero-order valence-corrected chi connectivity index (χ0v) is 14.6. The molecule has 1 aromatic heterocycles. The Balaban J connectivity index is 1.90.